The van der Waals surface area contributed by atoms with Gasteiger partial charge in [-0.25, -0.2) is 0 Å². The summed E-state index contributed by atoms with van der Waals surface area (Å²) in [4.78, 5) is 27.5. The molecule has 2 aromatic rings. The number of morpholine rings is 1. The molecule has 0 aliphatic carbocycles. The Kier molecular flexibility index (Phi) is 12.4. The lowest BCUT2D eigenvalue weighted by atomic mass is 9.99. The number of carbonyl (C=O) groups excluding carboxylic acids is 2. The molecule has 2 aliphatic rings. The first-order valence-corrected chi connectivity index (χ1v) is 15.4. The fourth-order valence-corrected chi connectivity index (χ4v) is 6.18. The molecule has 0 unspecified atom stereocenters. The summed E-state index contributed by atoms with van der Waals surface area (Å²) in [5.41, 5.74) is -3.83. The standard InChI is InChI=1S/C31H35F6N3O5S/c1-43-17-18-45-20-27(42)39-11-9-22(10-12-39)38-23-3-2-4-24(19-23)46-25-7-5-21(6-8-26(41)40-13-15-44-16-14-40)28(30(32,33)34)29(25)31(35,36)37/h2-8,19,22,38H,9-18,20H2,1H3. The van der Waals surface area contributed by atoms with Gasteiger partial charge in [0.2, 0.25) is 11.8 Å². The number of methoxy groups -OCH3 is 1. The molecule has 0 aromatic heterocycles. The molecule has 0 atom stereocenters. The quantitative estimate of drug-likeness (QED) is 0.183. The SMILES string of the molecule is COCCOCC(=O)N1CCC(Nc2cccc(Sc3ccc(C=CC(=O)N4CCOCC4)c(C(F)(F)F)c3C(F)(F)F)c2)CC1. The van der Waals surface area contributed by atoms with Crippen molar-refractivity contribution in [2.45, 2.75) is 41.0 Å². The van der Waals surface area contributed by atoms with E-state index < -0.39 is 39.8 Å². The number of nitrogens with zero attached hydrogens (tertiary/aromatic N) is 2. The van der Waals surface area contributed by atoms with Gasteiger partial charge in [0, 0.05) is 60.9 Å². The van der Waals surface area contributed by atoms with Crippen LogP contribution in [-0.2, 0) is 36.2 Å². The van der Waals surface area contributed by atoms with Gasteiger partial charge in [-0.1, -0.05) is 23.9 Å². The summed E-state index contributed by atoms with van der Waals surface area (Å²) < 4.78 is 101. The summed E-state index contributed by atoms with van der Waals surface area (Å²) in [5, 5.41) is 3.32. The van der Waals surface area contributed by atoms with Crippen molar-refractivity contribution < 1.29 is 50.1 Å². The fourth-order valence-electron chi connectivity index (χ4n) is 5.14. The van der Waals surface area contributed by atoms with Crippen molar-refractivity contribution in [3.05, 3.63) is 59.2 Å². The normalized spacial score (nSPS) is 16.7. The maximum Gasteiger partial charge on any atom is 0.418 e. The smallest absolute Gasteiger partial charge is 0.382 e. The average Bonchev–Trinajstić information content (AvgIpc) is 3.02. The van der Waals surface area contributed by atoms with Gasteiger partial charge in [-0.3, -0.25) is 9.59 Å². The maximum absolute atomic E-state index is 14.3. The van der Waals surface area contributed by atoms with Crippen LogP contribution < -0.4 is 5.32 Å². The van der Waals surface area contributed by atoms with Gasteiger partial charge in [0.05, 0.1) is 37.6 Å². The molecule has 2 saturated heterocycles. The second-order valence-corrected chi connectivity index (χ2v) is 11.8. The van der Waals surface area contributed by atoms with Crippen LogP contribution >= 0.6 is 11.8 Å². The number of rotatable bonds is 11. The van der Waals surface area contributed by atoms with Crippen LogP contribution in [-0.4, -0.2) is 94.0 Å². The van der Waals surface area contributed by atoms with E-state index in [-0.39, 0.29) is 44.9 Å². The zero-order valence-corrected chi connectivity index (χ0v) is 25.9. The van der Waals surface area contributed by atoms with Crippen molar-refractivity contribution in [1.82, 2.24) is 9.80 Å². The number of hydrogen-bond donors (Lipinski definition) is 1. The van der Waals surface area contributed by atoms with E-state index in [1.54, 1.807) is 23.1 Å². The number of nitrogens with one attached hydrogen (secondary N) is 1. The highest BCUT2D eigenvalue weighted by molar-refractivity contribution is 7.99. The molecule has 1 N–H and O–H groups in total. The van der Waals surface area contributed by atoms with Crippen LogP contribution in [0.25, 0.3) is 6.08 Å². The number of amides is 2. The molecular weight excluding hydrogens is 640 g/mol. The molecule has 46 heavy (non-hydrogen) atoms. The molecule has 0 bridgehead atoms. The highest BCUT2D eigenvalue weighted by Gasteiger charge is 2.46. The molecule has 2 aromatic carbocycles. The number of benzene rings is 2. The molecule has 0 saturated carbocycles. The highest BCUT2D eigenvalue weighted by atomic mass is 32.2. The van der Waals surface area contributed by atoms with Crippen molar-refractivity contribution in [3.63, 3.8) is 0 Å². The van der Waals surface area contributed by atoms with Gasteiger partial charge >= 0.3 is 12.4 Å². The molecular formula is C31H35F6N3O5S. The van der Waals surface area contributed by atoms with E-state index in [1.165, 1.54) is 18.1 Å². The number of ether oxygens (including phenoxy) is 3. The van der Waals surface area contributed by atoms with Gasteiger partial charge in [0.15, 0.2) is 0 Å². The predicted octanol–water partition coefficient (Wildman–Crippen LogP) is 5.81. The van der Waals surface area contributed by atoms with E-state index in [0.29, 0.717) is 61.5 Å². The molecule has 8 nitrogen and oxygen atoms in total. The number of piperidine rings is 1. The largest absolute Gasteiger partial charge is 0.418 e. The molecule has 252 valence electrons. The molecule has 2 heterocycles. The minimum Gasteiger partial charge on any atom is -0.382 e. The van der Waals surface area contributed by atoms with Crippen LogP contribution in [0.2, 0.25) is 0 Å². The van der Waals surface area contributed by atoms with Crippen LogP contribution in [0, 0.1) is 0 Å². The van der Waals surface area contributed by atoms with Gasteiger partial charge < -0.3 is 29.3 Å². The topological polar surface area (TPSA) is 80.3 Å². The second-order valence-electron chi connectivity index (χ2n) is 10.6. The lowest BCUT2D eigenvalue weighted by molar-refractivity contribution is -0.163. The number of halogens is 6. The third kappa shape index (κ3) is 9.86. The van der Waals surface area contributed by atoms with E-state index in [2.05, 4.69) is 5.32 Å². The Morgan fingerprint density at radius 2 is 1.65 bits per heavy atom. The first kappa shape index (κ1) is 35.6. The van der Waals surface area contributed by atoms with Crippen molar-refractivity contribution in [2.24, 2.45) is 0 Å². The van der Waals surface area contributed by atoms with Crippen LogP contribution in [0.5, 0.6) is 0 Å². The Morgan fingerprint density at radius 3 is 2.30 bits per heavy atom. The Bertz CT molecular complexity index is 1370. The van der Waals surface area contributed by atoms with E-state index in [4.69, 9.17) is 14.2 Å². The molecule has 0 spiro atoms. The van der Waals surface area contributed by atoms with Gasteiger partial charge in [0.1, 0.15) is 6.61 Å². The van der Waals surface area contributed by atoms with Crippen molar-refractivity contribution in [2.75, 3.05) is 71.6 Å². The summed E-state index contributed by atoms with van der Waals surface area (Å²) in [7, 11) is 1.54. The minimum atomic E-state index is -5.35. The lowest BCUT2D eigenvalue weighted by Gasteiger charge is -2.33. The molecule has 2 fully saturated rings. The van der Waals surface area contributed by atoms with Gasteiger partial charge in [-0.05, 0) is 48.7 Å². The average molecular weight is 676 g/mol. The molecule has 2 amide bonds. The van der Waals surface area contributed by atoms with Crippen LogP contribution in [0.15, 0.2) is 52.3 Å². The molecule has 0 radical (unpaired) electrons. The third-order valence-corrected chi connectivity index (χ3v) is 8.48. The van der Waals surface area contributed by atoms with Crippen LogP contribution in [0.1, 0.15) is 29.5 Å². The number of likely N-dealkylation sites (tertiary alicyclic amines) is 1. The van der Waals surface area contributed by atoms with Crippen molar-refractivity contribution in [1.29, 1.82) is 0 Å². The zero-order chi connectivity index (χ0) is 33.3. The van der Waals surface area contributed by atoms with E-state index in [1.807, 2.05) is 0 Å². The number of carbonyl (C=O) groups is 2. The fraction of sp³-hybridized carbons (Fsp3) is 0.484. The number of anilines is 1. The van der Waals surface area contributed by atoms with Gasteiger partial charge in [0.25, 0.3) is 0 Å². The Hall–Kier alpha value is -3.27. The molecule has 2 aliphatic heterocycles. The summed E-state index contributed by atoms with van der Waals surface area (Å²) in [6.45, 7) is 2.64. The summed E-state index contributed by atoms with van der Waals surface area (Å²) in [5.74, 6) is -0.742. The highest BCUT2D eigenvalue weighted by Crippen LogP contribution is 2.48. The Labute approximate surface area is 267 Å². The van der Waals surface area contributed by atoms with Crippen molar-refractivity contribution >= 4 is 35.3 Å². The first-order chi connectivity index (χ1) is 21.9. The lowest BCUT2D eigenvalue weighted by Crippen LogP contribution is -2.43. The zero-order valence-electron chi connectivity index (χ0n) is 25.1. The first-order valence-electron chi connectivity index (χ1n) is 14.6. The number of hydrogen-bond acceptors (Lipinski definition) is 7. The summed E-state index contributed by atoms with van der Waals surface area (Å²) >= 11 is 0.570. The molecule has 15 heteroatoms. The van der Waals surface area contributed by atoms with E-state index in [9.17, 15) is 35.9 Å². The second kappa shape index (κ2) is 16.0. The van der Waals surface area contributed by atoms with E-state index in [0.717, 1.165) is 24.3 Å². The van der Waals surface area contributed by atoms with Crippen LogP contribution in [0.3, 0.4) is 0 Å². The number of alkyl halides is 6. The summed E-state index contributed by atoms with van der Waals surface area (Å²) in [6.07, 6.45) is -7.80. The van der Waals surface area contributed by atoms with Gasteiger partial charge in [-0.2, -0.15) is 26.3 Å². The summed E-state index contributed by atoms with van der Waals surface area (Å²) in [6, 6.07) is 8.34. The Balaban J connectivity index is 1.48. The third-order valence-electron chi connectivity index (χ3n) is 7.43. The van der Waals surface area contributed by atoms with Gasteiger partial charge in [-0.15, -0.1) is 0 Å². The maximum atomic E-state index is 14.3. The van der Waals surface area contributed by atoms with E-state index >= 15 is 0 Å². The minimum absolute atomic E-state index is 0.0208. The predicted molar refractivity (Wildman–Crippen MR) is 159 cm³/mol. The monoisotopic (exact) mass is 675 g/mol. The van der Waals surface area contributed by atoms with Crippen LogP contribution in [0.4, 0.5) is 32.0 Å². The molecule has 4 rings (SSSR count). The Morgan fingerprint density at radius 1 is 0.957 bits per heavy atom. The van der Waals surface area contributed by atoms with Crippen molar-refractivity contribution in [3.8, 4) is 0 Å².